The Bertz CT molecular complexity index is 752. The highest BCUT2D eigenvalue weighted by atomic mass is 35.5. The Morgan fingerprint density at radius 3 is 2.46 bits per heavy atom. The van der Waals surface area contributed by atoms with Crippen LogP contribution in [0.15, 0.2) is 18.2 Å². The molecule has 1 saturated heterocycles. The smallest absolute Gasteiger partial charge is 0.293 e. The lowest BCUT2D eigenvalue weighted by atomic mass is 9.97. The standard InChI is InChI=1S/C17H21Cl2N5O.ClH/c1-11-21-16(17(25)23-8-6-12(7-9-23)10-20-2)22-24(11)15-13(18)4-3-5-14(15)19;/h3-5,12,20H,6-10H2,1-2H3;1H. The molecule has 142 valence electrons. The molecule has 0 radical (unpaired) electrons. The van der Waals surface area contributed by atoms with E-state index >= 15 is 0 Å². The van der Waals surface area contributed by atoms with Crippen molar-refractivity contribution in [3.63, 3.8) is 0 Å². The number of benzene rings is 1. The summed E-state index contributed by atoms with van der Waals surface area (Å²) in [5.74, 6) is 1.22. The van der Waals surface area contributed by atoms with Crippen molar-refractivity contribution in [1.82, 2.24) is 25.0 Å². The lowest BCUT2D eigenvalue weighted by Crippen LogP contribution is -2.40. The fraction of sp³-hybridized carbons (Fsp3) is 0.471. The van der Waals surface area contributed by atoms with Gasteiger partial charge in [0.1, 0.15) is 11.5 Å². The highest BCUT2D eigenvalue weighted by Gasteiger charge is 2.27. The molecule has 1 aliphatic heterocycles. The Balaban J connectivity index is 0.00000243. The lowest BCUT2D eigenvalue weighted by molar-refractivity contribution is 0.0678. The van der Waals surface area contributed by atoms with Crippen LogP contribution < -0.4 is 5.32 Å². The van der Waals surface area contributed by atoms with Gasteiger partial charge in [-0.25, -0.2) is 9.67 Å². The molecule has 0 saturated carbocycles. The topological polar surface area (TPSA) is 63.1 Å². The minimum Gasteiger partial charge on any atom is -0.336 e. The van der Waals surface area contributed by atoms with Crippen LogP contribution in [-0.4, -0.2) is 52.3 Å². The summed E-state index contributed by atoms with van der Waals surface area (Å²) in [6.45, 7) is 4.22. The van der Waals surface area contributed by atoms with Crippen LogP contribution >= 0.6 is 35.6 Å². The summed E-state index contributed by atoms with van der Waals surface area (Å²) in [5, 5.41) is 8.49. The zero-order valence-electron chi connectivity index (χ0n) is 14.7. The molecule has 2 heterocycles. The first kappa shape index (κ1) is 21.0. The van der Waals surface area contributed by atoms with Crippen LogP contribution in [-0.2, 0) is 0 Å². The minimum absolute atomic E-state index is 0. The molecule has 1 aromatic heterocycles. The minimum atomic E-state index is -0.145. The van der Waals surface area contributed by atoms with E-state index in [-0.39, 0.29) is 24.1 Å². The number of hydrogen-bond donors (Lipinski definition) is 1. The number of carbonyl (C=O) groups is 1. The van der Waals surface area contributed by atoms with Gasteiger partial charge in [0.15, 0.2) is 0 Å². The fourth-order valence-electron chi connectivity index (χ4n) is 3.15. The van der Waals surface area contributed by atoms with Gasteiger partial charge < -0.3 is 10.2 Å². The molecule has 0 atom stereocenters. The van der Waals surface area contributed by atoms with Gasteiger partial charge in [0, 0.05) is 13.1 Å². The molecule has 3 rings (SSSR count). The van der Waals surface area contributed by atoms with Crippen LogP contribution in [0.25, 0.3) is 5.69 Å². The van der Waals surface area contributed by atoms with E-state index in [9.17, 15) is 4.79 Å². The largest absolute Gasteiger partial charge is 0.336 e. The molecule has 9 heteroatoms. The monoisotopic (exact) mass is 417 g/mol. The van der Waals surface area contributed by atoms with Crippen LogP contribution in [0.3, 0.4) is 0 Å². The van der Waals surface area contributed by atoms with Gasteiger partial charge in [-0.2, -0.15) is 0 Å². The number of aromatic nitrogens is 3. The van der Waals surface area contributed by atoms with Crippen molar-refractivity contribution >= 4 is 41.5 Å². The predicted molar refractivity (Wildman–Crippen MR) is 106 cm³/mol. The number of aryl methyl sites for hydroxylation is 1. The highest BCUT2D eigenvalue weighted by molar-refractivity contribution is 6.37. The number of hydrogen-bond acceptors (Lipinski definition) is 4. The van der Waals surface area contributed by atoms with Crippen molar-refractivity contribution < 1.29 is 4.79 Å². The fourth-order valence-corrected chi connectivity index (χ4v) is 3.71. The third-order valence-corrected chi connectivity index (χ3v) is 5.11. The quantitative estimate of drug-likeness (QED) is 0.827. The summed E-state index contributed by atoms with van der Waals surface area (Å²) in [4.78, 5) is 18.9. The Labute approximate surface area is 169 Å². The van der Waals surface area contributed by atoms with Crippen molar-refractivity contribution in [1.29, 1.82) is 0 Å². The van der Waals surface area contributed by atoms with Crippen molar-refractivity contribution in [2.45, 2.75) is 19.8 Å². The molecule has 26 heavy (non-hydrogen) atoms. The first-order valence-electron chi connectivity index (χ1n) is 8.33. The molecule has 1 aromatic carbocycles. The van der Waals surface area contributed by atoms with E-state index in [1.807, 2.05) is 11.9 Å². The summed E-state index contributed by atoms with van der Waals surface area (Å²) < 4.78 is 1.53. The van der Waals surface area contributed by atoms with E-state index < -0.39 is 0 Å². The summed E-state index contributed by atoms with van der Waals surface area (Å²) >= 11 is 12.5. The number of nitrogens with zero attached hydrogens (tertiary/aromatic N) is 4. The van der Waals surface area contributed by atoms with E-state index in [4.69, 9.17) is 23.2 Å². The number of carbonyl (C=O) groups excluding carboxylic acids is 1. The van der Waals surface area contributed by atoms with Crippen molar-refractivity contribution in [3.05, 3.63) is 39.9 Å². The molecule has 1 fully saturated rings. The number of amides is 1. The van der Waals surface area contributed by atoms with Crippen molar-refractivity contribution in [2.24, 2.45) is 5.92 Å². The molecule has 1 aliphatic rings. The lowest BCUT2D eigenvalue weighted by Gasteiger charge is -2.31. The van der Waals surface area contributed by atoms with E-state index in [1.165, 1.54) is 4.68 Å². The molecule has 0 unspecified atom stereocenters. The van der Waals surface area contributed by atoms with E-state index in [1.54, 1.807) is 25.1 Å². The van der Waals surface area contributed by atoms with Crippen molar-refractivity contribution in [3.8, 4) is 5.69 Å². The summed E-state index contributed by atoms with van der Waals surface area (Å²) in [5.41, 5.74) is 0.544. The molecule has 1 amide bonds. The number of para-hydroxylation sites is 1. The Hall–Kier alpha value is -1.34. The number of nitrogens with one attached hydrogen (secondary N) is 1. The molecule has 0 aliphatic carbocycles. The van der Waals surface area contributed by atoms with Crippen LogP contribution in [0.4, 0.5) is 0 Å². The van der Waals surface area contributed by atoms with Gasteiger partial charge in [-0.15, -0.1) is 17.5 Å². The second kappa shape index (κ2) is 9.04. The van der Waals surface area contributed by atoms with E-state index in [0.29, 0.717) is 27.5 Å². The van der Waals surface area contributed by atoms with Gasteiger partial charge in [-0.3, -0.25) is 4.79 Å². The summed E-state index contributed by atoms with van der Waals surface area (Å²) in [7, 11) is 1.96. The maximum Gasteiger partial charge on any atom is 0.293 e. The van der Waals surface area contributed by atoms with Gasteiger partial charge in [-0.05, 0) is 51.4 Å². The van der Waals surface area contributed by atoms with Gasteiger partial charge in [0.05, 0.1) is 10.0 Å². The second-order valence-corrected chi connectivity index (χ2v) is 7.07. The third kappa shape index (κ3) is 4.31. The molecule has 6 nitrogen and oxygen atoms in total. The van der Waals surface area contributed by atoms with Crippen LogP contribution in [0.2, 0.25) is 10.0 Å². The van der Waals surface area contributed by atoms with Gasteiger partial charge in [-0.1, -0.05) is 29.3 Å². The maximum absolute atomic E-state index is 12.7. The highest BCUT2D eigenvalue weighted by Crippen LogP contribution is 2.28. The van der Waals surface area contributed by atoms with E-state index in [2.05, 4.69) is 15.4 Å². The molecule has 0 spiro atoms. The normalized spacial score (nSPS) is 15.0. The SMILES string of the molecule is CNCC1CCN(C(=O)c2nc(C)n(-c3c(Cl)cccc3Cl)n2)CC1.Cl. The molecule has 0 bridgehead atoms. The van der Waals surface area contributed by atoms with E-state index in [0.717, 1.165) is 32.5 Å². The zero-order valence-corrected chi connectivity index (χ0v) is 17.0. The van der Waals surface area contributed by atoms with Crippen LogP contribution in [0.1, 0.15) is 29.3 Å². The average molecular weight is 419 g/mol. The van der Waals surface area contributed by atoms with Crippen LogP contribution in [0, 0.1) is 12.8 Å². The molecule has 1 N–H and O–H groups in total. The number of halogens is 3. The Morgan fingerprint density at radius 2 is 1.88 bits per heavy atom. The summed E-state index contributed by atoms with van der Waals surface area (Å²) in [6, 6.07) is 5.23. The number of rotatable bonds is 4. The van der Waals surface area contributed by atoms with Gasteiger partial charge >= 0.3 is 0 Å². The second-order valence-electron chi connectivity index (χ2n) is 6.26. The number of likely N-dealkylation sites (tertiary alicyclic amines) is 1. The van der Waals surface area contributed by atoms with Gasteiger partial charge in [0.25, 0.3) is 5.91 Å². The maximum atomic E-state index is 12.7. The first-order chi connectivity index (χ1) is 12.0. The number of piperidine rings is 1. The summed E-state index contributed by atoms with van der Waals surface area (Å²) in [6.07, 6.45) is 1.98. The molecule has 2 aromatic rings. The van der Waals surface area contributed by atoms with Gasteiger partial charge in [0.2, 0.25) is 5.82 Å². The molecular formula is C17H22Cl3N5O. The Kier molecular flexibility index (Phi) is 7.29. The third-order valence-electron chi connectivity index (χ3n) is 4.50. The first-order valence-corrected chi connectivity index (χ1v) is 9.08. The van der Waals surface area contributed by atoms with Crippen molar-refractivity contribution in [2.75, 3.05) is 26.7 Å². The molecular weight excluding hydrogens is 397 g/mol. The Morgan fingerprint density at radius 1 is 1.27 bits per heavy atom. The predicted octanol–water partition coefficient (Wildman–Crippen LogP) is 3.38. The van der Waals surface area contributed by atoms with Crippen LogP contribution in [0.5, 0.6) is 0 Å². The average Bonchev–Trinajstić information content (AvgIpc) is 2.97. The zero-order chi connectivity index (χ0) is 18.0.